The maximum Gasteiger partial charge on any atom is 0.0610 e. The van der Waals surface area contributed by atoms with Gasteiger partial charge in [0.15, 0.2) is 0 Å². The first-order chi connectivity index (χ1) is 7.59. The van der Waals surface area contributed by atoms with Gasteiger partial charge >= 0.3 is 0 Å². The van der Waals surface area contributed by atoms with Gasteiger partial charge in [-0.25, -0.2) is 0 Å². The molecule has 0 aromatic carbocycles. The number of hydrogen-bond donors (Lipinski definition) is 2. The highest BCUT2D eigenvalue weighted by molar-refractivity contribution is 4.92. The van der Waals surface area contributed by atoms with Crippen LogP contribution in [0.4, 0.5) is 0 Å². The van der Waals surface area contributed by atoms with Crippen molar-refractivity contribution in [3.63, 3.8) is 0 Å². The molecule has 1 fully saturated rings. The van der Waals surface area contributed by atoms with Gasteiger partial charge < -0.3 is 15.2 Å². The van der Waals surface area contributed by atoms with E-state index in [0.717, 1.165) is 25.9 Å². The SMILES string of the molecule is CCC(C)OCCCC(C)(CO)NC1CC1. The van der Waals surface area contributed by atoms with E-state index < -0.39 is 0 Å². The third-order valence-electron chi connectivity index (χ3n) is 3.33. The third-order valence-corrected chi connectivity index (χ3v) is 3.33. The Kier molecular flexibility index (Phi) is 5.73. The number of aliphatic hydroxyl groups is 1. The van der Waals surface area contributed by atoms with Gasteiger partial charge in [-0.3, -0.25) is 0 Å². The fourth-order valence-electron chi connectivity index (χ4n) is 1.78. The summed E-state index contributed by atoms with van der Waals surface area (Å²) in [6.07, 6.45) is 5.95. The summed E-state index contributed by atoms with van der Waals surface area (Å²) in [5.74, 6) is 0. The lowest BCUT2D eigenvalue weighted by molar-refractivity contribution is 0.0535. The summed E-state index contributed by atoms with van der Waals surface area (Å²) in [5.41, 5.74) is -0.111. The predicted molar refractivity (Wildman–Crippen MR) is 66.6 cm³/mol. The van der Waals surface area contributed by atoms with Crippen LogP contribution < -0.4 is 5.32 Å². The average molecular weight is 229 g/mol. The maximum absolute atomic E-state index is 9.41. The van der Waals surface area contributed by atoms with Crippen molar-refractivity contribution < 1.29 is 9.84 Å². The molecule has 96 valence electrons. The Hall–Kier alpha value is -0.120. The third kappa shape index (κ3) is 5.28. The molecule has 2 atom stereocenters. The van der Waals surface area contributed by atoms with Crippen LogP contribution in [0.5, 0.6) is 0 Å². The van der Waals surface area contributed by atoms with Crippen molar-refractivity contribution >= 4 is 0 Å². The van der Waals surface area contributed by atoms with E-state index in [9.17, 15) is 5.11 Å². The Bertz CT molecular complexity index is 194. The molecule has 0 radical (unpaired) electrons. The van der Waals surface area contributed by atoms with Crippen LogP contribution in [-0.4, -0.2) is 36.0 Å². The summed E-state index contributed by atoms with van der Waals surface area (Å²) in [6, 6.07) is 0.646. The largest absolute Gasteiger partial charge is 0.394 e. The lowest BCUT2D eigenvalue weighted by Gasteiger charge is -2.29. The lowest BCUT2D eigenvalue weighted by atomic mass is 9.97. The zero-order chi connectivity index (χ0) is 12.0. The van der Waals surface area contributed by atoms with Gasteiger partial charge in [-0.2, -0.15) is 0 Å². The summed E-state index contributed by atoms with van der Waals surface area (Å²) in [6.45, 7) is 7.36. The van der Waals surface area contributed by atoms with Crippen LogP contribution in [0.25, 0.3) is 0 Å². The molecule has 0 saturated heterocycles. The van der Waals surface area contributed by atoms with Gasteiger partial charge in [-0.15, -0.1) is 0 Å². The van der Waals surface area contributed by atoms with Crippen molar-refractivity contribution in [1.29, 1.82) is 0 Å². The monoisotopic (exact) mass is 229 g/mol. The van der Waals surface area contributed by atoms with Gasteiger partial charge in [0.05, 0.1) is 12.7 Å². The highest BCUT2D eigenvalue weighted by Crippen LogP contribution is 2.24. The Morgan fingerprint density at radius 3 is 2.69 bits per heavy atom. The summed E-state index contributed by atoms with van der Waals surface area (Å²) >= 11 is 0. The van der Waals surface area contributed by atoms with Crippen LogP contribution in [0, 0.1) is 0 Å². The second-order valence-corrected chi connectivity index (χ2v) is 5.33. The zero-order valence-corrected chi connectivity index (χ0v) is 11.0. The van der Waals surface area contributed by atoms with Gasteiger partial charge in [-0.05, 0) is 46.0 Å². The normalized spacial score (nSPS) is 21.8. The number of nitrogens with one attached hydrogen (secondary N) is 1. The zero-order valence-electron chi connectivity index (χ0n) is 11.0. The highest BCUT2D eigenvalue weighted by Gasteiger charge is 2.31. The summed E-state index contributed by atoms with van der Waals surface area (Å²) in [5, 5.41) is 12.9. The molecule has 16 heavy (non-hydrogen) atoms. The predicted octanol–water partition coefficient (Wildman–Crippen LogP) is 2.08. The Morgan fingerprint density at radius 1 is 1.50 bits per heavy atom. The molecule has 0 aromatic rings. The number of rotatable bonds is 9. The Labute approximate surface area is 99.6 Å². The topological polar surface area (TPSA) is 41.5 Å². The molecule has 0 amide bonds. The first kappa shape index (κ1) is 13.9. The van der Waals surface area contributed by atoms with Crippen molar-refractivity contribution in [3.8, 4) is 0 Å². The molecule has 1 aliphatic rings. The van der Waals surface area contributed by atoms with E-state index in [0.29, 0.717) is 12.1 Å². The van der Waals surface area contributed by atoms with Crippen LogP contribution in [0.15, 0.2) is 0 Å². The molecule has 0 aromatic heterocycles. The molecule has 3 heteroatoms. The van der Waals surface area contributed by atoms with Crippen LogP contribution in [0.2, 0.25) is 0 Å². The fourth-order valence-corrected chi connectivity index (χ4v) is 1.78. The van der Waals surface area contributed by atoms with Crippen LogP contribution in [0.1, 0.15) is 52.9 Å². The molecular weight excluding hydrogens is 202 g/mol. The lowest BCUT2D eigenvalue weighted by Crippen LogP contribution is -2.47. The minimum Gasteiger partial charge on any atom is -0.394 e. The van der Waals surface area contributed by atoms with E-state index in [1.807, 2.05) is 0 Å². The summed E-state index contributed by atoms with van der Waals surface area (Å²) in [7, 11) is 0. The second-order valence-electron chi connectivity index (χ2n) is 5.33. The molecule has 0 heterocycles. The quantitative estimate of drug-likeness (QED) is 0.595. The van der Waals surface area contributed by atoms with E-state index in [2.05, 4.69) is 26.1 Å². The smallest absolute Gasteiger partial charge is 0.0610 e. The van der Waals surface area contributed by atoms with E-state index >= 15 is 0 Å². The molecule has 0 spiro atoms. The van der Waals surface area contributed by atoms with Gasteiger partial charge in [0, 0.05) is 18.2 Å². The van der Waals surface area contributed by atoms with Gasteiger partial charge in [0.1, 0.15) is 0 Å². The number of aliphatic hydroxyl groups excluding tert-OH is 1. The molecule has 0 bridgehead atoms. The first-order valence-corrected chi connectivity index (χ1v) is 6.60. The van der Waals surface area contributed by atoms with Crippen LogP contribution in [-0.2, 0) is 4.74 Å². The fraction of sp³-hybridized carbons (Fsp3) is 1.00. The highest BCUT2D eigenvalue weighted by atomic mass is 16.5. The minimum atomic E-state index is -0.111. The molecular formula is C13H27NO2. The van der Waals surface area contributed by atoms with E-state index in [4.69, 9.17) is 4.74 Å². The molecule has 3 nitrogen and oxygen atoms in total. The Balaban J connectivity index is 2.12. The first-order valence-electron chi connectivity index (χ1n) is 6.60. The standard InChI is InChI=1S/C13H27NO2/c1-4-11(2)16-9-5-8-13(3,10-15)14-12-6-7-12/h11-12,14-15H,4-10H2,1-3H3. The van der Waals surface area contributed by atoms with E-state index in [1.54, 1.807) is 0 Å². The Morgan fingerprint density at radius 2 is 2.19 bits per heavy atom. The molecule has 1 saturated carbocycles. The summed E-state index contributed by atoms with van der Waals surface area (Å²) < 4.78 is 5.64. The van der Waals surface area contributed by atoms with E-state index in [1.165, 1.54) is 12.8 Å². The average Bonchev–Trinajstić information content (AvgIpc) is 3.08. The maximum atomic E-state index is 9.41. The van der Waals surface area contributed by atoms with Gasteiger partial charge in [0.2, 0.25) is 0 Å². The van der Waals surface area contributed by atoms with Crippen molar-refractivity contribution in [2.45, 2.75) is 70.6 Å². The molecule has 0 aliphatic heterocycles. The molecule has 1 rings (SSSR count). The van der Waals surface area contributed by atoms with Crippen LogP contribution >= 0.6 is 0 Å². The molecule has 2 unspecified atom stereocenters. The van der Waals surface area contributed by atoms with Crippen molar-refractivity contribution in [2.75, 3.05) is 13.2 Å². The van der Waals surface area contributed by atoms with Gasteiger partial charge in [-0.1, -0.05) is 6.92 Å². The number of ether oxygens (including phenoxy) is 1. The second kappa shape index (κ2) is 6.58. The molecule has 1 aliphatic carbocycles. The van der Waals surface area contributed by atoms with Crippen molar-refractivity contribution in [1.82, 2.24) is 5.32 Å². The minimum absolute atomic E-state index is 0.111. The molecule has 2 N–H and O–H groups in total. The van der Waals surface area contributed by atoms with Crippen LogP contribution in [0.3, 0.4) is 0 Å². The van der Waals surface area contributed by atoms with E-state index in [-0.39, 0.29) is 12.1 Å². The van der Waals surface area contributed by atoms with Gasteiger partial charge in [0.25, 0.3) is 0 Å². The van der Waals surface area contributed by atoms with Crippen molar-refractivity contribution in [2.24, 2.45) is 0 Å². The summed E-state index contributed by atoms with van der Waals surface area (Å²) in [4.78, 5) is 0. The van der Waals surface area contributed by atoms with Crippen molar-refractivity contribution in [3.05, 3.63) is 0 Å². The number of hydrogen-bond acceptors (Lipinski definition) is 3.